The van der Waals surface area contributed by atoms with Gasteiger partial charge in [0.25, 0.3) is 0 Å². The van der Waals surface area contributed by atoms with Crippen LogP contribution >= 0.6 is 12.4 Å². The van der Waals surface area contributed by atoms with E-state index in [0.717, 1.165) is 36.5 Å². The molecule has 3 heterocycles. The van der Waals surface area contributed by atoms with Crippen LogP contribution in [0.15, 0.2) is 67.0 Å². The Hall–Kier alpha value is -2.56. The maximum atomic E-state index is 6.40. The van der Waals surface area contributed by atoms with Crippen molar-refractivity contribution in [1.29, 1.82) is 0 Å². The summed E-state index contributed by atoms with van der Waals surface area (Å²) in [7, 11) is 0. The topological polar surface area (TPSA) is 30.3 Å². The number of hydrogen-bond acceptors (Lipinski definition) is 3. The van der Waals surface area contributed by atoms with Crippen molar-refractivity contribution in [2.24, 2.45) is 5.92 Å². The summed E-state index contributed by atoms with van der Waals surface area (Å²) in [6.45, 7) is 9.71. The summed E-state index contributed by atoms with van der Waals surface area (Å²) in [4.78, 5) is 7.50. The van der Waals surface area contributed by atoms with Gasteiger partial charge in [0, 0.05) is 35.2 Å². The Balaban J connectivity index is 0.00000259. The van der Waals surface area contributed by atoms with Crippen molar-refractivity contribution in [3.8, 4) is 5.88 Å². The molecule has 0 aliphatic carbocycles. The average Bonchev–Trinajstić information content (AvgIpc) is 3.29. The van der Waals surface area contributed by atoms with Gasteiger partial charge < -0.3 is 9.30 Å². The molecule has 2 aromatic heterocycles. The van der Waals surface area contributed by atoms with Crippen molar-refractivity contribution in [1.82, 2.24) is 14.5 Å². The van der Waals surface area contributed by atoms with Gasteiger partial charge in [-0.3, -0.25) is 4.90 Å². The number of aromatic nitrogens is 2. The molecule has 2 aromatic carbocycles. The second-order valence-electron chi connectivity index (χ2n) is 9.44. The molecule has 174 valence electrons. The minimum absolute atomic E-state index is 0. The second kappa shape index (κ2) is 10.1. The van der Waals surface area contributed by atoms with Gasteiger partial charge in [-0.1, -0.05) is 48.5 Å². The van der Waals surface area contributed by atoms with Crippen molar-refractivity contribution >= 4 is 34.1 Å². The average molecular weight is 464 g/mol. The Kier molecular flexibility index (Phi) is 7.26. The van der Waals surface area contributed by atoms with Crippen LogP contribution in [0.1, 0.15) is 51.3 Å². The number of fused-ring (bicyclic) bond motifs is 3. The SMILES string of the molecule is CC(c1ccccc1)N1CCC(COc2nc3ccccc3c3cn(C(C)C)cc23)CC1.Cl. The molecule has 1 unspecified atom stereocenters. The van der Waals surface area contributed by atoms with Crippen LogP contribution in [0.25, 0.3) is 21.7 Å². The molecule has 4 aromatic rings. The highest BCUT2D eigenvalue weighted by atomic mass is 35.5. The normalized spacial score (nSPS) is 16.2. The zero-order valence-electron chi connectivity index (χ0n) is 19.8. The lowest BCUT2D eigenvalue weighted by Crippen LogP contribution is -2.37. The molecule has 1 fully saturated rings. The molecule has 0 saturated carbocycles. The fourth-order valence-corrected chi connectivity index (χ4v) is 4.88. The second-order valence-corrected chi connectivity index (χ2v) is 9.44. The fourth-order valence-electron chi connectivity index (χ4n) is 4.88. The van der Waals surface area contributed by atoms with Gasteiger partial charge in [0.2, 0.25) is 5.88 Å². The van der Waals surface area contributed by atoms with Gasteiger partial charge in [-0.15, -0.1) is 12.4 Å². The Morgan fingerprint density at radius 3 is 2.27 bits per heavy atom. The zero-order valence-corrected chi connectivity index (χ0v) is 20.6. The number of rotatable bonds is 6. The van der Waals surface area contributed by atoms with Crippen molar-refractivity contribution < 1.29 is 4.74 Å². The molecule has 0 bridgehead atoms. The first-order valence-corrected chi connectivity index (χ1v) is 11.9. The minimum Gasteiger partial charge on any atom is -0.477 e. The predicted molar refractivity (Wildman–Crippen MR) is 140 cm³/mol. The molecule has 1 aliphatic rings. The summed E-state index contributed by atoms with van der Waals surface area (Å²) >= 11 is 0. The first-order valence-electron chi connectivity index (χ1n) is 11.9. The van der Waals surface area contributed by atoms with Crippen LogP contribution in [0, 0.1) is 5.92 Å². The van der Waals surface area contributed by atoms with Crippen LogP contribution < -0.4 is 4.74 Å². The Labute approximate surface area is 203 Å². The molecule has 33 heavy (non-hydrogen) atoms. The van der Waals surface area contributed by atoms with E-state index >= 15 is 0 Å². The number of pyridine rings is 1. The fraction of sp³-hybridized carbons (Fsp3) is 0.393. The molecule has 0 amide bonds. The highest BCUT2D eigenvalue weighted by molar-refractivity contribution is 6.07. The van der Waals surface area contributed by atoms with Gasteiger partial charge >= 0.3 is 0 Å². The smallest absolute Gasteiger partial charge is 0.223 e. The van der Waals surface area contributed by atoms with E-state index in [1.807, 2.05) is 6.07 Å². The molecule has 1 atom stereocenters. The van der Waals surface area contributed by atoms with Crippen LogP contribution in [0.5, 0.6) is 5.88 Å². The number of ether oxygens (including phenoxy) is 1. The van der Waals surface area contributed by atoms with Crippen molar-refractivity contribution in [3.63, 3.8) is 0 Å². The molecular weight excluding hydrogens is 430 g/mol. The summed E-state index contributed by atoms with van der Waals surface area (Å²) in [5.74, 6) is 1.35. The molecule has 0 spiro atoms. The molecule has 0 radical (unpaired) electrons. The number of nitrogens with zero attached hydrogens (tertiary/aromatic N) is 3. The molecule has 4 nitrogen and oxygen atoms in total. The molecule has 1 aliphatic heterocycles. The highest BCUT2D eigenvalue weighted by Crippen LogP contribution is 2.33. The van der Waals surface area contributed by atoms with E-state index in [2.05, 4.69) is 91.2 Å². The summed E-state index contributed by atoms with van der Waals surface area (Å²) in [6, 6.07) is 20.1. The monoisotopic (exact) mass is 463 g/mol. The van der Waals surface area contributed by atoms with E-state index in [0.29, 0.717) is 18.0 Å². The maximum Gasteiger partial charge on any atom is 0.223 e. The third-order valence-corrected chi connectivity index (χ3v) is 7.02. The van der Waals surface area contributed by atoms with Crippen molar-refractivity contribution in [2.75, 3.05) is 19.7 Å². The van der Waals surface area contributed by atoms with Crippen molar-refractivity contribution in [3.05, 3.63) is 72.6 Å². The third kappa shape index (κ3) is 4.87. The third-order valence-electron chi connectivity index (χ3n) is 7.02. The largest absolute Gasteiger partial charge is 0.477 e. The van der Waals surface area contributed by atoms with Crippen LogP contribution in [0.3, 0.4) is 0 Å². The minimum atomic E-state index is 0. The quantitative estimate of drug-likeness (QED) is 0.307. The molecule has 5 rings (SSSR count). The van der Waals surface area contributed by atoms with Crippen molar-refractivity contribution in [2.45, 2.75) is 45.7 Å². The highest BCUT2D eigenvalue weighted by Gasteiger charge is 2.24. The van der Waals surface area contributed by atoms with Gasteiger partial charge in [-0.25, -0.2) is 4.98 Å². The Bertz CT molecular complexity index is 1200. The lowest BCUT2D eigenvalue weighted by atomic mass is 9.95. The van der Waals surface area contributed by atoms with E-state index in [1.165, 1.54) is 29.2 Å². The Morgan fingerprint density at radius 1 is 0.879 bits per heavy atom. The number of hydrogen-bond donors (Lipinski definition) is 0. The summed E-state index contributed by atoms with van der Waals surface area (Å²) in [5, 5.41) is 3.54. The van der Waals surface area contributed by atoms with Gasteiger partial charge in [0.05, 0.1) is 17.5 Å². The van der Waals surface area contributed by atoms with Crippen LogP contribution in [0.4, 0.5) is 0 Å². The molecule has 5 heteroatoms. The molecule has 1 saturated heterocycles. The summed E-state index contributed by atoms with van der Waals surface area (Å²) in [5.41, 5.74) is 2.41. The first-order chi connectivity index (χ1) is 15.6. The molecular formula is C28H34ClN3O. The van der Waals surface area contributed by atoms with Gasteiger partial charge in [-0.2, -0.15) is 0 Å². The van der Waals surface area contributed by atoms with Crippen LogP contribution in [-0.4, -0.2) is 34.1 Å². The van der Waals surface area contributed by atoms with E-state index in [4.69, 9.17) is 9.72 Å². The van der Waals surface area contributed by atoms with E-state index < -0.39 is 0 Å². The number of para-hydroxylation sites is 1. The van der Waals surface area contributed by atoms with E-state index in [-0.39, 0.29) is 12.4 Å². The lowest BCUT2D eigenvalue weighted by molar-refractivity contribution is 0.112. The first kappa shape index (κ1) is 23.6. The Morgan fingerprint density at radius 2 is 1.55 bits per heavy atom. The van der Waals surface area contributed by atoms with Crippen LogP contribution in [-0.2, 0) is 0 Å². The van der Waals surface area contributed by atoms with Gasteiger partial charge in [-0.05, 0) is 64.3 Å². The molecule has 0 N–H and O–H groups in total. The van der Waals surface area contributed by atoms with Gasteiger partial charge in [0.1, 0.15) is 0 Å². The number of halogens is 1. The standard InChI is InChI=1S/C28H33N3O.ClH/c1-20(2)31-17-25-24-11-7-8-12-27(24)29-28(26(25)18-31)32-19-22-13-15-30(16-14-22)21(3)23-9-5-4-6-10-23;/h4-12,17-18,20-22H,13-16,19H2,1-3H3;1H. The van der Waals surface area contributed by atoms with Crippen LogP contribution in [0.2, 0.25) is 0 Å². The zero-order chi connectivity index (χ0) is 22.1. The van der Waals surface area contributed by atoms with E-state index in [1.54, 1.807) is 0 Å². The number of piperidine rings is 1. The van der Waals surface area contributed by atoms with Gasteiger partial charge in [0.15, 0.2) is 0 Å². The summed E-state index contributed by atoms with van der Waals surface area (Å²) in [6.07, 6.45) is 6.76. The predicted octanol–water partition coefficient (Wildman–Crippen LogP) is 7.04. The number of likely N-dealkylation sites (tertiary alicyclic amines) is 1. The lowest BCUT2D eigenvalue weighted by Gasteiger charge is -2.36. The van der Waals surface area contributed by atoms with E-state index in [9.17, 15) is 0 Å². The maximum absolute atomic E-state index is 6.40. The summed E-state index contributed by atoms with van der Waals surface area (Å²) < 4.78 is 8.66. The number of benzene rings is 2.